The monoisotopic (exact) mass is 381 g/mol. The molecule has 1 saturated heterocycles. The summed E-state index contributed by atoms with van der Waals surface area (Å²) in [6.07, 6.45) is 9.97. The van der Waals surface area contributed by atoms with Crippen molar-refractivity contribution in [1.29, 1.82) is 0 Å². The molecule has 0 unspecified atom stereocenters. The normalized spacial score (nSPS) is 19.7. The smallest absolute Gasteiger partial charge is 0.212 e. The molecule has 2 fully saturated rings. The van der Waals surface area contributed by atoms with Gasteiger partial charge < -0.3 is 4.74 Å². The van der Waals surface area contributed by atoms with Crippen molar-refractivity contribution in [2.24, 2.45) is 5.92 Å². The number of hydrogen-bond acceptors (Lipinski definition) is 4. The van der Waals surface area contributed by atoms with Gasteiger partial charge in [0.2, 0.25) is 4.96 Å². The van der Waals surface area contributed by atoms with Crippen LogP contribution >= 0.6 is 11.3 Å². The van der Waals surface area contributed by atoms with Crippen LogP contribution in [0.2, 0.25) is 0 Å². The molecule has 27 heavy (non-hydrogen) atoms. The van der Waals surface area contributed by atoms with Gasteiger partial charge in [0.15, 0.2) is 0 Å². The minimum atomic E-state index is 0.640. The topological polar surface area (TPSA) is 39.4 Å². The minimum absolute atomic E-state index is 0.640. The highest BCUT2D eigenvalue weighted by molar-refractivity contribution is 7.16. The molecule has 3 aromatic rings. The molecule has 1 saturated carbocycles. The first kappa shape index (κ1) is 17.4. The van der Waals surface area contributed by atoms with E-state index in [4.69, 9.17) is 14.8 Å². The van der Waals surface area contributed by atoms with Gasteiger partial charge in [-0.2, -0.15) is 5.10 Å². The van der Waals surface area contributed by atoms with E-state index in [2.05, 4.69) is 34.8 Å². The van der Waals surface area contributed by atoms with E-state index in [9.17, 15) is 0 Å². The minimum Gasteiger partial charge on any atom is -0.381 e. The second-order valence-electron chi connectivity index (χ2n) is 8.00. The predicted molar refractivity (Wildman–Crippen MR) is 109 cm³/mol. The van der Waals surface area contributed by atoms with E-state index in [-0.39, 0.29) is 0 Å². The fraction of sp³-hybridized carbons (Fsp3) is 0.545. The molecule has 0 radical (unpaired) electrons. The van der Waals surface area contributed by atoms with Gasteiger partial charge in [-0.1, -0.05) is 60.9 Å². The van der Waals surface area contributed by atoms with Crippen LogP contribution in [0.15, 0.2) is 30.3 Å². The van der Waals surface area contributed by atoms with Crippen LogP contribution in [0.4, 0.5) is 0 Å². The highest BCUT2D eigenvalue weighted by Gasteiger charge is 2.25. The fourth-order valence-corrected chi connectivity index (χ4v) is 5.64. The van der Waals surface area contributed by atoms with Crippen molar-refractivity contribution in [3.05, 3.63) is 41.0 Å². The summed E-state index contributed by atoms with van der Waals surface area (Å²) in [6, 6.07) is 10.6. The van der Waals surface area contributed by atoms with Crippen LogP contribution < -0.4 is 0 Å². The molecule has 2 aliphatic rings. The summed E-state index contributed by atoms with van der Waals surface area (Å²) in [4.78, 5) is 6.12. The summed E-state index contributed by atoms with van der Waals surface area (Å²) in [6.45, 7) is 1.77. The van der Waals surface area contributed by atoms with E-state index in [1.807, 2.05) is 11.3 Å². The molecule has 1 aromatic carbocycles. The van der Waals surface area contributed by atoms with Crippen LogP contribution in [0, 0.1) is 5.92 Å². The first-order valence-corrected chi connectivity index (χ1v) is 11.2. The van der Waals surface area contributed by atoms with Gasteiger partial charge in [0.1, 0.15) is 5.01 Å². The largest absolute Gasteiger partial charge is 0.381 e. The number of rotatable bonds is 4. The molecular weight excluding hydrogens is 354 g/mol. The van der Waals surface area contributed by atoms with Crippen LogP contribution in [0.25, 0.3) is 16.2 Å². The van der Waals surface area contributed by atoms with Crippen molar-refractivity contribution < 1.29 is 4.74 Å². The molecule has 0 atom stereocenters. The zero-order valence-corrected chi connectivity index (χ0v) is 16.6. The van der Waals surface area contributed by atoms with Crippen LogP contribution in [0.5, 0.6) is 0 Å². The Morgan fingerprint density at radius 3 is 2.56 bits per heavy atom. The number of benzene rings is 1. The molecule has 2 aromatic heterocycles. The van der Waals surface area contributed by atoms with Gasteiger partial charge in [0.05, 0.1) is 11.4 Å². The Kier molecular flexibility index (Phi) is 4.97. The maximum Gasteiger partial charge on any atom is 0.212 e. The third-order valence-electron chi connectivity index (χ3n) is 6.14. The van der Waals surface area contributed by atoms with Crippen molar-refractivity contribution in [1.82, 2.24) is 14.6 Å². The molecule has 0 bridgehead atoms. The maximum absolute atomic E-state index is 5.57. The number of nitrogens with zero attached hydrogens (tertiary/aromatic N) is 3. The zero-order chi connectivity index (χ0) is 18.1. The van der Waals surface area contributed by atoms with Gasteiger partial charge in [-0.05, 0) is 38.0 Å². The third-order valence-corrected chi connectivity index (χ3v) is 7.21. The molecule has 0 amide bonds. The second kappa shape index (κ2) is 7.72. The van der Waals surface area contributed by atoms with Gasteiger partial charge in [-0.15, -0.1) is 0 Å². The van der Waals surface area contributed by atoms with Crippen LogP contribution in [0.3, 0.4) is 0 Å². The second-order valence-corrected chi connectivity index (χ2v) is 8.99. The maximum atomic E-state index is 5.57. The lowest BCUT2D eigenvalue weighted by Gasteiger charge is -2.22. The van der Waals surface area contributed by atoms with E-state index in [1.54, 1.807) is 0 Å². The van der Waals surface area contributed by atoms with E-state index in [0.717, 1.165) is 43.1 Å². The lowest BCUT2D eigenvalue weighted by Crippen LogP contribution is -2.18. The lowest BCUT2D eigenvalue weighted by molar-refractivity contribution is 0.0662. The molecule has 1 aliphatic heterocycles. The van der Waals surface area contributed by atoms with Gasteiger partial charge in [-0.25, -0.2) is 9.50 Å². The van der Waals surface area contributed by atoms with Gasteiger partial charge in [0.25, 0.3) is 0 Å². The summed E-state index contributed by atoms with van der Waals surface area (Å²) in [5.74, 6) is 1.31. The van der Waals surface area contributed by atoms with Crippen molar-refractivity contribution in [3.8, 4) is 11.3 Å². The molecule has 5 heteroatoms. The molecule has 5 rings (SSSR count). The SMILES string of the molecule is c1ccc(-c2nc3sc(C4CCCCC4)nn3c2CC2CCOCC2)cc1. The quantitative estimate of drug-likeness (QED) is 0.601. The highest BCUT2D eigenvalue weighted by atomic mass is 32.1. The molecular formula is C22H27N3OS. The van der Waals surface area contributed by atoms with Gasteiger partial charge in [0, 0.05) is 24.7 Å². The number of hydrogen-bond donors (Lipinski definition) is 0. The zero-order valence-electron chi connectivity index (χ0n) is 15.8. The van der Waals surface area contributed by atoms with Crippen LogP contribution in [-0.2, 0) is 11.2 Å². The molecule has 0 N–H and O–H groups in total. The summed E-state index contributed by atoms with van der Waals surface area (Å²) in [7, 11) is 0. The summed E-state index contributed by atoms with van der Waals surface area (Å²) in [5.41, 5.74) is 3.62. The number of aromatic nitrogens is 3. The lowest BCUT2D eigenvalue weighted by atomic mass is 9.90. The predicted octanol–water partition coefficient (Wildman–Crippen LogP) is 5.47. The van der Waals surface area contributed by atoms with Crippen molar-refractivity contribution in [2.75, 3.05) is 13.2 Å². The number of imidazole rings is 1. The molecule has 0 spiro atoms. The van der Waals surface area contributed by atoms with Gasteiger partial charge >= 0.3 is 0 Å². The van der Waals surface area contributed by atoms with Crippen molar-refractivity contribution in [3.63, 3.8) is 0 Å². The summed E-state index contributed by atoms with van der Waals surface area (Å²) < 4.78 is 7.74. The Morgan fingerprint density at radius 2 is 1.78 bits per heavy atom. The Hall–Kier alpha value is -1.72. The summed E-state index contributed by atoms with van der Waals surface area (Å²) in [5, 5.41) is 6.39. The standard InChI is InChI=1S/C22H27N3OS/c1-3-7-17(8-4-1)20-19(15-16-11-13-26-14-12-16)25-22(23-20)27-21(24-25)18-9-5-2-6-10-18/h1,3-4,7-8,16,18H,2,5-6,9-15H2. The molecule has 3 heterocycles. The molecule has 4 nitrogen and oxygen atoms in total. The molecule has 1 aliphatic carbocycles. The van der Waals surface area contributed by atoms with E-state index < -0.39 is 0 Å². The van der Waals surface area contributed by atoms with E-state index in [0.29, 0.717) is 11.8 Å². The Labute approximate surface area is 164 Å². The Balaban J connectivity index is 1.54. The fourth-order valence-electron chi connectivity index (χ4n) is 4.55. The van der Waals surface area contributed by atoms with E-state index in [1.165, 1.54) is 48.4 Å². The molecule has 142 valence electrons. The van der Waals surface area contributed by atoms with Crippen LogP contribution in [0.1, 0.15) is 61.6 Å². The third kappa shape index (κ3) is 3.55. The summed E-state index contributed by atoms with van der Waals surface area (Å²) >= 11 is 1.81. The van der Waals surface area contributed by atoms with Crippen molar-refractivity contribution >= 4 is 16.3 Å². The first-order chi connectivity index (χ1) is 13.4. The van der Waals surface area contributed by atoms with Crippen LogP contribution in [-0.4, -0.2) is 27.8 Å². The average molecular weight is 382 g/mol. The van der Waals surface area contributed by atoms with E-state index >= 15 is 0 Å². The van der Waals surface area contributed by atoms with Gasteiger partial charge in [-0.3, -0.25) is 0 Å². The number of ether oxygens (including phenoxy) is 1. The number of fused-ring (bicyclic) bond motifs is 1. The Bertz CT molecular complexity index is 889. The van der Waals surface area contributed by atoms with Crippen molar-refractivity contribution in [2.45, 2.75) is 57.3 Å². The Morgan fingerprint density at radius 1 is 1.00 bits per heavy atom. The first-order valence-electron chi connectivity index (χ1n) is 10.4. The highest BCUT2D eigenvalue weighted by Crippen LogP contribution is 2.37. The average Bonchev–Trinajstić information content (AvgIpc) is 3.30.